The van der Waals surface area contributed by atoms with Gasteiger partial charge in [-0.3, -0.25) is 29.0 Å². The number of fused-ring (bicyclic) bond motifs is 4. The second-order valence-electron chi connectivity index (χ2n) is 14.2. The molecule has 2 aliphatic carbocycles. The maximum absolute atomic E-state index is 14.5. The SMILES string of the molecule is O=C1[C@H]2[C@H](CC=C3[C@H]2C[C@H]2C(=O)N(c4ccc(Nc5ccccc5)cc4)C(=O)[C@H]2[C@H]3c2ccccc2O)C(=O)N1c1ccc(Nc2ccccc2)cc1. The van der Waals surface area contributed by atoms with Crippen molar-refractivity contribution in [3.63, 3.8) is 0 Å². The van der Waals surface area contributed by atoms with Gasteiger partial charge in [-0.2, -0.15) is 0 Å². The second-order valence-corrected chi connectivity index (χ2v) is 14.2. The number of phenolic OH excluding ortho intramolecular Hbond substituents is 1. The number of benzene rings is 5. The molecule has 0 aromatic heterocycles. The molecule has 4 amide bonds. The van der Waals surface area contributed by atoms with Gasteiger partial charge in [0, 0.05) is 34.2 Å². The van der Waals surface area contributed by atoms with Crippen LogP contribution in [-0.4, -0.2) is 28.7 Å². The quantitative estimate of drug-likeness (QED) is 0.117. The van der Waals surface area contributed by atoms with Crippen molar-refractivity contribution in [3.05, 3.63) is 151 Å². The first-order valence-electron chi connectivity index (χ1n) is 17.9. The van der Waals surface area contributed by atoms with Crippen LogP contribution in [0.15, 0.2) is 145 Å². The number of phenols is 1. The molecule has 0 bridgehead atoms. The van der Waals surface area contributed by atoms with Gasteiger partial charge in [0.15, 0.2) is 0 Å². The zero-order chi connectivity index (χ0) is 36.2. The summed E-state index contributed by atoms with van der Waals surface area (Å²) >= 11 is 0. The lowest BCUT2D eigenvalue weighted by Gasteiger charge is -2.44. The Morgan fingerprint density at radius 2 is 0.962 bits per heavy atom. The minimum atomic E-state index is -0.773. The molecule has 3 fully saturated rings. The summed E-state index contributed by atoms with van der Waals surface area (Å²) in [6, 6.07) is 40.7. The first kappa shape index (κ1) is 32.4. The fraction of sp³-hybridized carbons (Fsp3) is 0.182. The highest BCUT2D eigenvalue weighted by molar-refractivity contribution is 6.24. The van der Waals surface area contributed by atoms with E-state index >= 15 is 0 Å². The number of carbonyl (C=O) groups excluding carboxylic acids is 4. The van der Waals surface area contributed by atoms with Crippen molar-refractivity contribution in [2.75, 3.05) is 20.4 Å². The summed E-state index contributed by atoms with van der Waals surface area (Å²) in [5.41, 5.74) is 5.79. The number of nitrogens with one attached hydrogen (secondary N) is 2. The summed E-state index contributed by atoms with van der Waals surface area (Å²) in [6.07, 6.45) is 2.57. The molecule has 9 heteroatoms. The third kappa shape index (κ3) is 5.47. The summed E-state index contributed by atoms with van der Waals surface area (Å²) in [4.78, 5) is 59.9. The number of para-hydroxylation sites is 3. The fourth-order valence-electron chi connectivity index (χ4n) is 8.96. The van der Waals surface area contributed by atoms with Crippen LogP contribution in [0.3, 0.4) is 0 Å². The lowest BCUT2D eigenvalue weighted by molar-refractivity contribution is -0.126. The van der Waals surface area contributed by atoms with Crippen LogP contribution in [0.2, 0.25) is 0 Å². The molecule has 3 N–H and O–H groups in total. The number of imide groups is 2. The van der Waals surface area contributed by atoms with Crippen LogP contribution in [0.5, 0.6) is 5.75 Å². The molecule has 262 valence electrons. The van der Waals surface area contributed by atoms with E-state index in [1.165, 1.54) is 9.80 Å². The Morgan fingerprint density at radius 3 is 1.51 bits per heavy atom. The third-order valence-corrected chi connectivity index (χ3v) is 11.3. The Hall–Kier alpha value is -6.48. The zero-order valence-corrected chi connectivity index (χ0v) is 28.6. The average Bonchev–Trinajstić information content (AvgIpc) is 3.59. The number of amides is 4. The number of carbonyl (C=O) groups is 4. The molecular formula is C44H36N4O5. The second kappa shape index (κ2) is 12.9. The number of nitrogens with zero attached hydrogens (tertiary/aromatic N) is 2. The molecule has 53 heavy (non-hydrogen) atoms. The zero-order valence-electron chi connectivity index (χ0n) is 28.6. The van der Waals surface area contributed by atoms with Crippen molar-refractivity contribution in [2.24, 2.45) is 29.6 Å². The Labute approximate surface area is 306 Å². The number of allylic oxidation sites excluding steroid dienone is 2. The molecule has 5 aromatic rings. The van der Waals surface area contributed by atoms with Crippen LogP contribution in [-0.2, 0) is 19.2 Å². The smallest absolute Gasteiger partial charge is 0.238 e. The van der Waals surface area contributed by atoms with E-state index in [4.69, 9.17) is 0 Å². The van der Waals surface area contributed by atoms with E-state index in [0.29, 0.717) is 23.4 Å². The summed E-state index contributed by atoms with van der Waals surface area (Å²) in [6.45, 7) is 0. The van der Waals surface area contributed by atoms with E-state index in [-0.39, 0.29) is 35.8 Å². The van der Waals surface area contributed by atoms with E-state index in [9.17, 15) is 24.3 Å². The van der Waals surface area contributed by atoms with Crippen molar-refractivity contribution in [2.45, 2.75) is 18.8 Å². The van der Waals surface area contributed by atoms with Gasteiger partial charge in [0.25, 0.3) is 0 Å². The Balaban J connectivity index is 1.03. The van der Waals surface area contributed by atoms with Gasteiger partial charge < -0.3 is 15.7 Å². The van der Waals surface area contributed by atoms with E-state index in [1.807, 2.05) is 91.0 Å². The van der Waals surface area contributed by atoms with Crippen molar-refractivity contribution in [1.82, 2.24) is 0 Å². The number of hydrogen-bond donors (Lipinski definition) is 3. The molecule has 0 unspecified atom stereocenters. The van der Waals surface area contributed by atoms with Crippen LogP contribution >= 0.6 is 0 Å². The summed E-state index contributed by atoms with van der Waals surface area (Å²) in [5.74, 6) is -5.11. The highest BCUT2D eigenvalue weighted by atomic mass is 16.3. The van der Waals surface area contributed by atoms with Crippen LogP contribution in [0.1, 0.15) is 24.3 Å². The Morgan fingerprint density at radius 1 is 0.491 bits per heavy atom. The number of hydrogen-bond acceptors (Lipinski definition) is 7. The van der Waals surface area contributed by atoms with Crippen LogP contribution in [0.4, 0.5) is 34.1 Å². The fourth-order valence-corrected chi connectivity index (χ4v) is 8.96. The molecule has 1 saturated carbocycles. The van der Waals surface area contributed by atoms with E-state index < -0.39 is 35.5 Å². The Kier molecular flexibility index (Phi) is 7.91. The lowest BCUT2D eigenvalue weighted by atomic mass is 9.57. The summed E-state index contributed by atoms with van der Waals surface area (Å²) in [5, 5.41) is 17.8. The number of anilines is 6. The summed E-state index contributed by atoms with van der Waals surface area (Å²) in [7, 11) is 0. The van der Waals surface area contributed by atoms with Gasteiger partial charge >= 0.3 is 0 Å². The standard InChI is InChI=1S/C44H36N4O5/c49-37-14-8-7-13-33(37)38-32-23-24-34-39(43(52)47(41(34)50)30-19-15-28(16-20-30)45-26-9-3-1-4-10-26)35(32)25-36-40(38)44(53)48(42(36)51)31-21-17-29(18-22-31)46-27-11-5-2-6-12-27/h1-23,34-36,38-40,45-46,49H,24-25H2/t34-,35+,36+,38+,39-,40+/m0/s1. The third-order valence-electron chi connectivity index (χ3n) is 11.3. The van der Waals surface area contributed by atoms with Crippen molar-refractivity contribution in [1.29, 1.82) is 0 Å². The summed E-state index contributed by atoms with van der Waals surface area (Å²) < 4.78 is 0. The first-order chi connectivity index (χ1) is 25.9. The maximum Gasteiger partial charge on any atom is 0.238 e. The monoisotopic (exact) mass is 700 g/mol. The molecule has 4 aliphatic rings. The number of rotatable bonds is 7. The van der Waals surface area contributed by atoms with Gasteiger partial charge in [-0.25, -0.2) is 0 Å². The Bertz CT molecular complexity index is 2270. The normalized spacial score (nSPS) is 24.7. The van der Waals surface area contributed by atoms with E-state index in [0.717, 1.165) is 28.3 Å². The van der Waals surface area contributed by atoms with Crippen LogP contribution < -0.4 is 20.4 Å². The minimum Gasteiger partial charge on any atom is -0.508 e. The van der Waals surface area contributed by atoms with Gasteiger partial charge in [-0.1, -0.05) is 66.2 Å². The van der Waals surface area contributed by atoms with Gasteiger partial charge in [-0.05, 0) is 97.6 Å². The molecule has 2 aliphatic heterocycles. The van der Waals surface area contributed by atoms with Crippen LogP contribution in [0, 0.1) is 29.6 Å². The van der Waals surface area contributed by atoms with Crippen molar-refractivity contribution in [3.8, 4) is 5.75 Å². The molecule has 5 aromatic carbocycles. The van der Waals surface area contributed by atoms with Crippen LogP contribution in [0.25, 0.3) is 0 Å². The van der Waals surface area contributed by atoms with E-state index in [1.54, 1.807) is 48.5 Å². The van der Waals surface area contributed by atoms with Crippen molar-refractivity contribution >= 4 is 57.8 Å². The van der Waals surface area contributed by atoms with Crippen molar-refractivity contribution < 1.29 is 24.3 Å². The highest BCUT2D eigenvalue weighted by Gasteiger charge is 2.62. The van der Waals surface area contributed by atoms with Gasteiger partial charge in [0.1, 0.15) is 5.75 Å². The molecule has 9 nitrogen and oxygen atoms in total. The predicted octanol–water partition coefficient (Wildman–Crippen LogP) is 7.92. The lowest BCUT2D eigenvalue weighted by Crippen LogP contribution is -2.43. The highest BCUT2D eigenvalue weighted by Crippen LogP contribution is 2.59. The molecule has 2 saturated heterocycles. The largest absolute Gasteiger partial charge is 0.508 e. The first-order valence-corrected chi connectivity index (χ1v) is 17.9. The molecular weight excluding hydrogens is 665 g/mol. The molecule has 6 atom stereocenters. The van der Waals surface area contributed by atoms with Gasteiger partial charge in [-0.15, -0.1) is 0 Å². The average molecular weight is 701 g/mol. The maximum atomic E-state index is 14.5. The molecule has 0 radical (unpaired) electrons. The van der Waals surface area contributed by atoms with Gasteiger partial charge in [0.2, 0.25) is 23.6 Å². The van der Waals surface area contributed by atoms with Gasteiger partial charge in [0.05, 0.1) is 35.0 Å². The molecule has 0 spiro atoms. The predicted molar refractivity (Wildman–Crippen MR) is 203 cm³/mol. The molecule has 9 rings (SSSR count). The minimum absolute atomic E-state index is 0.0228. The number of aromatic hydroxyl groups is 1. The topological polar surface area (TPSA) is 119 Å². The van der Waals surface area contributed by atoms with E-state index in [2.05, 4.69) is 10.6 Å². The molecule has 2 heterocycles.